The maximum absolute atomic E-state index is 13.6. The predicted molar refractivity (Wildman–Crippen MR) is 109 cm³/mol. The number of imidazole rings is 1. The second-order valence-corrected chi connectivity index (χ2v) is 7.13. The van der Waals surface area contributed by atoms with Crippen molar-refractivity contribution in [2.45, 2.75) is 32.4 Å². The molecule has 0 aliphatic rings. The maximum Gasteiger partial charge on any atom is 0.320 e. The van der Waals surface area contributed by atoms with Crippen molar-refractivity contribution in [1.82, 2.24) is 19.4 Å². The molecule has 5 nitrogen and oxygen atoms in total. The van der Waals surface area contributed by atoms with E-state index in [0.29, 0.717) is 24.0 Å². The summed E-state index contributed by atoms with van der Waals surface area (Å²) in [6.45, 7) is -0.0812. The lowest BCUT2D eigenvalue weighted by Gasteiger charge is -2.15. The number of aromatic nitrogens is 3. The minimum Gasteiger partial charge on any atom is -0.355 e. The van der Waals surface area contributed by atoms with Gasteiger partial charge in [0, 0.05) is 37.1 Å². The van der Waals surface area contributed by atoms with Crippen molar-refractivity contribution in [1.29, 1.82) is 0 Å². The van der Waals surface area contributed by atoms with Crippen molar-refractivity contribution in [3.63, 3.8) is 0 Å². The third kappa shape index (κ3) is 3.85. The van der Waals surface area contributed by atoms with Crippen LogP contribution in [0.2, 0.25) is 0 Å². The number of carbonyl (C=O) groups is 1. The van der Waals surface area contributed by atoms with Crippen LogP contribution in [0.15, 0.2) is 60.8 Å². The highest BCUT2D eigenvalue weighted by atomic mass is 19.3. The molecule has 0 aliphatic heterocycles. The molecular formula is C22H22F2N4O. The molecule has 29 heavy (non-hydrogen) atoms. The first-order valence-electron chi connectivity index (χ1n) is 9.60. The molecule has 150 valence electrons. The first kappa shape index (κ1) is 19.1. The number of halogens is 2. The summed E-state index contributed by atoms with van der Waals surface area (Å²) in [5.74, 6) is -0.181. The molecule has 4 rings (SSSR count). The Kier molecular flexibility index (Phi) is 5.29. The lowest BCUT2D eigenvalue weighted by Crippen LogP contribution is -2.29. The molecular weight excluding hydrogens is 374 g/mol. The van der Waals surface area contributed by atoms with Crippen LogP contribution in [0, 0.1) is 0 Å². The zero-order chi connectivity index (χ0) is 20.4. The van der Waals surface area contributed by atoms with Crippen LogP contribution in [-0.4, -0.2) is 26.6 Å². The van der Waals surface area contributed by atoms with Gasteiger partial charge in [-0.1, -0.05) is 37.3 Å². The van der Waals surface area contributed by atoms with E-state index < -0.39 is 6.55 Å². The average Bonchev–Trinajstić information content (AvgIpc) is 3.32. The predicted octanol–water partition coefficient (Wildman–Crippen LogP) is 4.70. The number of aryl methyl sites for hydroxylation is 1. The van der Waals surface area contributed by atoms with Crippen LogP contribution in [0.3, 0.4) is 0 Å². The summed E-state index contributed by atoms with van der Waals surface area (Å²) in [4.78, 5) is 16.7. The van der Waals surface area contributed by atoms with Gasteiger partial charge in [0.25, 0.3) is 0 Å². The van der Waals surface area contributed by atoms with Gasteiger partial charge in [-0.05, 0) is 29.7 Å². The van der Waals surface area contributed by atoms with E-state index in [1.807, 2.05) is 41.1 Å². The fourth-order valence-electron chi connectivity index (χ4n) is 3.62. The van der Waals surface area contributed by atoms with Crippen molar-refractivity contribution in [2.24, 2.45) is 0 Å². The molecule has 4 aromatic rings. The van der Waals surface area contributed by atoms with Gasteiger partial charge in [0.2, 0.25) is 5.91 Å². The highest BCUT2D eigenvalue weighted by Crippen LogP contribution is 2.27. The summed E-state index contributed by atoms with van der Waals surface area (Å²) in [6, 6.07) is 16.8. The molecule has 0 saturated heterocycles. The second kappa shape index (κ2) is 8.03. The number of hydrogen-bond donors (Lipinski definition) is 1. The van der Waals surface area contributed by atoms with Crippen LogP contribution < -0.4 is 5.32 Å². The number of nitrogens with one attached hydrogen (secondary N) is 1. The second-order valence-electron chi connectivity index (χ2n) is 7.13. The molecule has 2 aromatic heterocycles. The van der Waals surface area contributed by atoms with Crippen molar-refractivity contribution in [3.8, 4) is 0 Å². The van der Waals surface area contributed by atoms with Crippen LogP contribution >= 0.6 is 0 Å². The highest BCUT2D eigenvalue weighted by Gasteiger charge is 2.22. The van der Waals surface area contributed by atoms with Crippen molar-refractivity contribution < 1.29 is 13.6 Å². The third-order valence-electron chi connectivity index (χ3n) is 5.12. The Balaban J connectivity index is 1.39. The first-order chi connectivity index (χ1) is 14.0. The lowest BCUT2D eigenvalue weighted by atomic mass is 10.1. The lowest BCUT2D eigenvalue weighted by molar-refractivity contribution is -0.121. The summed E-state index contributed by atoms with van der Waals surface area (Å²) >= 11 is 0. The number of alkyl halides is 2. The summed E-state index contributed by atoms with van der Waals surface area (Å²) in [7, 11) is 0. The number of carbonyl (C=O) groups excluding carboxylic acids is 1. The SMILES string of the molecule is CC(CNC(=O)CCn1ccc2ccccc21)c1nc2ccccc2n1C(F)F. The van der Waals surface area contributed by atoms with E-state index >= 15 is 0 Å². The molecule has 0 saturated carbocycles. The monoisotopic (exact) mass is 396 g/mol. The fraction of sp³-hybridized carbons (Fsp3) is 0.273. The molecule has 0 radical (unpaired) electrons. The number of hydrogen-bond acceptors (Lipinski definition) is 2. The molecule has 1 atom stereocenters. The fourth-order valence-corrected chi connectivity index (χ4v) is 3.62. The van der Waals surface area contributed by atoms with Gasteiger partial charge < -0.3 is 9.88 Å². The topological polar surface area (TPSA) is 51.9 Å². The Hall–Kier alpha value is -3.22. The van der Waals surface area contributed by atoms with E-state index in [1.165, 1.54) is 0 Å². The minimum atomic E-state index is -2.68. The molecule has 1 amide bonds. The quantitative estimate of drug-likeness (QED) is 0.492. The van der Waals surface area contributed by atoms with Gasteiger partial charge in [-0.2, -0.15) is 8.78 Å². The van der Waals surface area contributed by atoms with Gasteiger partial charge >= 0.3 is 6.55 Å². The van der Waals surface area contributed by atoms with Crippen LogP contribution in [0.1, 0.15) is 31.6 Å². The zero-order valence-corrected chi connectivity index (χ0v) is 16.1. The Labute approximate surface area is 167 Å². The standard InChI is InChI=1S/C22H22F2N4O/c1-15(21-26-17-7-3-5-9-19(17)28(21)22(23)24)14-25-20(29)11-13-27-12-10-16-6-2-4-8-18(16)27/h2-10,12,15,22H,11,13-14H2,1H3,(H,25,29). The normalized spacial score (nSPS) is 12.7. The molecule has 0 aliphatic carbocycles. The average molecular weight is 396 g/mol. The van der Waals surface area contributed by atoms with E-state index in [9.17, 15) is 13.6 Å². The van der Waals surface area contributed by atoms with Crippen LogP contribution in [-0.2, 0) is 11.3 Å². The Morgan fingerprint density at radius 1 is 1.07 bits per heavy atom. The van der Waals surface area contributed by atoms with Crippen molar-refractivity contribution in [3.05, 3.63) is 66.6 Å². The number of amides is 1. The molecule has 1 unspecified atom stereocenters. The Morgan fingerprint density at radius 3 is 2.59 bits per heavy atom. The van der Waals surface area contributed by atoms with Crippen LogP contribution in [0.25, 0.3) is 21.9 Å². The van der Waals surface area contributed by atoms with E-state index in [-0.39, 0.29) is 24.2 Å². The number of benzene rings is 2. The third-order valence-corrected chi connectivity index (χ3v) is 5.12. The number of nitrogens with zero attached hydrogens (tertiary/aromatic N) is 3. The van der Waals surface area contributed by atoms with Gasteiger partial charge in [-0.15, -0.1) is 0 Å². The van der Waals surface area contributed by atoms with E-state index in [0.717, 1.165) is 15.5 Å². The van der Waals surface area contributed by atoms with E-state index in [2.05, 4.69) is 10.3 Å². The van der Waals surface area contributed by atoms with Gasteiger partial charge in [-0.3, -0.25) is 9.36 Å². The van der Waals surface area contributed by atoms with Crippen LogP contribution in [0.5, 0.6) is 0 Å². The molecule has 2 heterocycles. The number of fused-ring (bicyclic) bond motifs is 2. The van der Waals surface area contributed by atoms with Gasteiger partial charge in [-0.25, -0.2) is 4.98 Å². The summed E-state index contributed by atoms with van der Waals surface area (Å²) in [5, 5.41) is 3.98. The smallest absolute Gasteiger partial charge is 0.320 e. The molecule has 0 fully saturated rings. The van der Waals surface area contributed by atoms with Gasteiger partial charge in [0.15, 0.2) is 0 Å². The van der Waals surface area contributed by atoms with E-state index in [1.54, 1.807) is 31.2 Å². The summed E-state index contributed by atoms with van der Waals surface area (Å²) in [6.07, 6.45) is 2.28. The van der Waals surface area contributed by atoms with Gasteiger partial charge in [0.05, 0.1) is 11.0 Å². The Bertz CT molecular complexity index is 1150. The molecule has 0 bridgehead atoms. The minimum absolute atomic E-state index is 0.116. The van der Waals surface area contributed by atoms with Crippen molar-refractivity contribution in [2.75, 3.05) is 6.54 Å². The molecule has 0 spiro atoms. The molecule has 2 aromatic carbocycles. The van der Waals surface area contributed by atoms with Gasteiger partial charge in [0.1, 0.15) is 5.82 Å². The largest absolute Gasteiger partial charge is 0.355 e. The molecule has 1 N–H and O–H groups in total. The maximum atomic E-state index is 13.6. The summed E-state index contributed by atoms with van der Waals surface area (Å²) in [5.41, 5.74) is 2.01. The Morgan fingerprint density at radius 2 is 1.79 bits per heavy atom. The summed E-state index contributed by atoms with van der Waals surface area (Å²) < 4.78 is 30.2. The number of para-hydroxylation sites is 3. The van der Waals surface area contributed by atoms with Crippen molar-refractivity contribution >= 4 is 27.8 Å². The van der Waals surface area contributed by atoms with Crippen LogP contribution in [0.4, 0.5) is 8.78 Å². The zero-order valence-electron chi connectivity index (χ0n) is 16.1. The molecule has 7 heteroatoms. The number of rotatable bonds is 7. The highest BCUT2D eigenvalue weighted by molar-refractivity contribution is 5.80. The first-order valence-corrected chi connectivity index (χ1v) is 9.60. The van der Waals surface area contributed by atoms with E-state index in [4.69, 9.17) is 0 Å².